The third-order valence-electron chi connectivity index (χ3n) is 4.28. The highest BCUT2D eigenvalue weighted by atomic mass is 16.3. The Hall–Kier alpha value is -0.770. The van der Waals surface area contributed by atoms with E-state index in [0.717, 1.165) is 38.6 Å². The summed E-state index contributed by atoms with van der Waals surface area (Å²) in [5, 5.41) is 12.6. The van der Waals surface area contributed by atoms with Gasteiger partial charge in [-0.1, -0.05) is 32.1 Å². The van der Waals surface area contributed by atoms with Gasteiger partial charge in [0.1, 0.15) is 0 Å². The van der Waals surface area contributed by atoms with Crippen molar-refractivity contribution in [3.05, 3.63) is 0 Å². The van der Waals surface area contributed by atoms with Gasteiger partial charge >= 0.3 is 6.03 Å². The molecule has 0 aromatic carbocycles. The number of amides is 2. The molecular weight excluding hydrogens is 228 g/mol. The average Bonchev–Trinajstić information content (AvgIpc) is 2.64. The molecule has 0 spiro atoms. The van der Waals surface area contributed by atoms with E-state index in [2.05, 4.69) is 5.32 Å². The first kappa shape index (κ1) is 13.7. The molecule has 104 valence electrons. The van der Waals surface area contributed by atoms with Crippen LogP contribution in [0.25, 0.3) is 0 Å². The van der Waals surface area contributed by atoms with Crippen molar-refractivity contribution in [2.75, 3.05) is 13.2 Å². The van der Waals surface area contributed by atoms with Crippen LogP contribution in [0.5, 0.6) is 0 Å². The van der Waals surface area contributed by atoms with E-state index in [-0.39, 0.29) is 18.7 Å². The molecule has 1 aliphatic carbocycles. The number of aliphatic hydroxyl groups excluding tert-OH is 1. The quantitative estimate of drug-likeness (QED) is 0.794. The van der Waals surface area contributed by atoms with Crippen LogP contribution in [0.2, 0.25) is 0 Å². The minimum Gasteiger partial charge on any atom is -0.394 e. The van der Waals surface area contributed by atoms with Crippen LogP contribution in [0.3, 0.4) is 0 Å². The molecule has 0 radical (unpaired) electrons. The van der Waals surface area contributed by atoms with Crippen molar-refractivity contribution >= 4 is 6.03 Å². The van der Waals surface area contributed by atoms with Crippen LogP contribution in [-0.2, 0) is 0 Å². The van der Waals surface area contributed by atoms with Crippen LogP contribution in [0.4, 0.5) is 4.79 Å². The molecule has 18 heavy (non-hydrogen) atoms. The lowest BCUT2D eigenvalue weighted by Crippen LogP contribution is -2.50. The van der Waals surface area contributed by atoms with E-state index in [0.29, 0.717) is 6.04 Å². The summed E-state index contributed by atoms with van der Waals surface area (Å²) in [6.45, 7) is 0.891. The van der Waals surface area contributed by atoms with Crippen molar-refractivity contribution in [2.24, 2.45) is 0 Å². The predicted octanol–water partition coefficient (Wildman–Crippen LogP) is 2.27. The van der Waals surface area contributed by atoms with Gasteiger partial charge in [0, 0.05) is 12.6 Å². The molecule has 0 aromatic heterocycles. The van der Waals surface area contributed by atoms with E-state index in [1.54, 1.807) is 0 Å². The second kappa shape index (κ2) is 6.98. The molecule has 2 aliphatic rings. The minimum atomic E-state index is 0.0242. The number of hydrogen-bond donors (Lipinski definition) is 2. The number of rotatable bonds is 2. The number of likely N-dealkylation sites (tertiary alicyclic amines) is 1. The van der Waals surface area contributed by atoms with Gasteiger partial charge < -0.3 is 15.3 Å². The highest BCUT2D eigenvalue weighted by Gasteiger charge is 2.26. The zero-order valence-electron chi connectivity index (χ0n) is 11.2. The summed E-state index contributed by atoms with van der Waals surface area (Å²) in [6, 6.07) is 0.424. The van der Waals surface area contributed by atoms with Crippen molar-refractivity contribution in [3.8, 4) is 0 Å². The predicted molar refractivity (Wildman–Crippen MR) is 71.5 cm³/mol. The van der Waals surface area contributed by atoms with Crippen LogP contribution in [0, 0.1) is 0 Å². The van der Waals surface area contributed by atoms with E-state index in [9.17, 15) is 9.90 Å². The Morgan fingerprint density at radius 2 is 1.72 bits per heavy atom. The Kier molecular flexibility index (Phi) is 5.29. The lowest BCUT2D eigenvalue weighted by atomic mass is 9.96. The first-order valence-electron chi connectivity index (χ1n) is 7.49. The normalized spacial score (nSPS) is 26.7. The fourth-order valence-electron chi connectivity index (χ4n) is 3.14. The van der Waals surface area contributed by atoms with Crippen LogP contribution in [-0.4, -0.2) is 41.3 Å². The Morgan fingerprint density at radius 1 is 1.06 bits per heavy atom. The van der Waals surface area contributed by atoms with Crippen molar-refractivity contribution in [2.45, 2.75) is 69.9 Å². The molecule has 4 heteroatoms. The first-order chi connectivity index (χ1) is 8.81. The molecule has 2 N–H and O–H groups in total. The first-order valence-corrected chi connectivity index (χ1v) is 7.49. The fraction of sp³-hybridized carbons (Fsp3) is 0.929. The van der Waals surface area contributed by atoms with Crippen molar-refractivity contribution in [3.63, 3.8) is 0 Å². The zero-order valence-corrected chi connectivity index (χ0v) is 11.2. The van der Waals surface area contributed by atoms with Crippen molar-refractivity contribution in [1.29, 1.82) is 0 Å². The highest BCUT2D eigenvalue weighted by molar-refractivity contribution is 5.75. The van der Waals surface area contributed by atoms with Crippen LogP contribution in [0.1, 0.15) is 57.8 Å². The van der Waals surface area contributed by atoms with E-state index in [1.807, 2.05) is 4.90 Å². The van der Waals surface area contributed by atoms with Gasteiger partial charge in [0.2, 0.25) is 0 Å². The lowest BCUT2D eigenvalue weighted by Gasteiger charge is -2.32. The minimum absolute atomic E-state index is 0.0242. The number of nitrogens with zero attached hydrogens (tertiary/aromatic N) is 1. The van der Waals surface area contributed by atoms with Crippen molar-refractivity contribution < 1.29 is 9.90 Å². The van der Waals surface area contributed by atoms with Gasteiger partial charge in [0.05, 0.1) is 12.6 Å². The van der Waals surface area contributed by atoms with Gasteiger partial charge in [-0.05, 0) is 25.7 Å². The molecule has 1 saturated carbocycles. The molecule has 2 amide bonds. The maximum atomic E-state index is 12.3. The monoisotopic (exact) mass is 254 g/mol. The van der Waals surface area contributed by atoms with E-state index in [4.69, 9.17) is 0 Å². The fourth-order valence-corrected chi connectivity index (χ4v) is 3.14. The van der Waals surface area contributed by atoms with Crippen LogP contribution >= 0.6 is 0 Å². The summed E-state index contributed by atoms with van der Waals surface area (Å²) in [6.07, 6.45) is 10.3. The summed E-state index contributed by atoms with van der Waals surface area (Å²) in [5.74, 6) is 0. The number of urea groups is 1. The maximum absolute atomic E-state index is 12.3. The van der Waals surface area contributed by atoms with E-state index < -0.39 is 0 Å². The van der Waals surface area contributed by atoms with Gasteiger partial charge in [-0.25, -0.2) is 4.79 Å². The second-order valence-corrected chi connectivity index (χ2v) is 5.66. The molecule has 1 unspecified atom stereocenters. The van der Waals surface area contributed by atoms with Crippen LogP contribution < -0.4 is 5.32 Å². The Bertz CT molecular complexity index is 265. The Labute approximate surface area is 110 Å². The molecule has 2 fully saturated rings. The van der Waals surface area contributed by atoms with Crippen molar-refractivity contribution in [1.82, 2.24) is 10.2 Å². The number of nitrogens with one attached hydrogen (secondary N) is 1. The van der Waals surface area contributed by atoms with Gasteiger partial charge in [0.15, 0.2) is 0 Å². The molecular formula is C14H26N2O2. The average molecular weight is 254 g/mol. The van der Waals surface area contributed by atoms with Gasteiger partial charge in [-0.2, -0.15) is 0 Å². The smallest absolute Gasteiger partial charge is 0.317 e. The topological polar surface area (TPSA) is 52.6 Å². The molecule has 1 saturated heterocycles. The standard InChI is InChI=1S/C14H26N2O2/c17-11-13-9-5-2-6-10-16(13)14(18)15-12-7-3-1-4-8-12/h12-13,17H,1-11H2,(H,15,18). The SMILES string of the molecule is O=C(NC1CCCCC1)N1CCCCCC1CO. The van der Waals surface area contributed by atoms with Gasteiger partial charge in [-0.3, -0.25) is 0 Å². The largest absolute Gasteiger partial charge is 0.394 e. The molecule has 1 aliphatic heterocycles. The molecule has 0 bridgehead atoms. The number of hydrogen-bond acceptors (Lipinski definition) is 2. The van der Waals surface area contributed by atoms with Gasteiger partial charge in [-0.15, -0.1) is 0 Å². The zero-order chi connectivity index (χ0) is 12.8. The molecule has 0 aromatic rings. The Morgan fingerprint density at radius 3 is 2.44 bits per heavy atom. The Balaban J connectivity index is 1.88. The highest BCUT2D eigenvalue weighted by Crippen LogP contribution is 2.20. The summed E-state index contributed by atoms with van der Waals surface area (Å²) in [5.41, 5.74) is 0. The van der Waals surface area contributed by atoms with Crippen LogP contribution in [0.15, 0.2) is 0 Å². The molecule has 4 nitrogen and oxygen atoms in total. The summed E-state index contributed by atoms with van der Waals surface area (Å²) >= 11 is 0. The number of carbonyl (C=O) groups excluding carboxylic acids is 1. The summed E-state index contributed by atoms with van der Waals surface area (Å²) in [4.78, 5) is 14.2. The maximum Gasteiger partial charge on any atom is 0.317 e. The lowest BCUT2D eigenvalue weighted by molar-refractivity contribution is 0.130. The van der Waals surface area contributed by atoms with E-state index >= 15 is 0 Å². The molecule has 1 heterocycles. The molecule has 2 rings (SSSR count). The number of aliphatic hydroxyl groups is 1. The third-order valence-corrected chi connectivity index (χ3v) is 4.28. The van der Waals surface area contributed by atoms with Gasteiger partial charge in [0.25, 0.3) is 0 Å². The number of carbonyl (C=O) groups is 1. The third kappa shape index (κ3) is 3.61. The van der Waals surface area contributed by atoms with E-state index in [1.165, 1.54) is 25.7 Å². The second-order valence-electron chi connectivity index (χ2n) is 5.66. The summed E-state index contributed by atoms with van der Waals surface area (Å²) < 4.78 is 0. The molecule has 1 atom stereocenters. The summed E-state index contributed by atoms with van der Waals surface area (Å²) in [7, 11) is 0.